The molecule has 1 atom stereocenters. The molecule has 7 nitrogen and oxygen atoms in total. The van der Waals surface area contributed by atoms with Crippen molar-refractivity contribution in [1.82, 2.24) is 29.2 Å². The number of aromatic nitrogens is 5. The lowest BCUT2D eigenvalue weighted by Crippen LogP contribution is -2.40. The van der Waals surface area contributed by atoms with E-state index in [1.807, 2.05) is 39.6 Å². The highest BCUT2D eigenvalue weighted by Gasteiger charge is 2.29. The highest BCUT2D eigenvalue weighted by molar-refractivity contribution is 5.81. The van der Waals surface area contributed by atoms with Crippen molar-refractivity contribution in [2.45, 2.75) is 45.3 Å². The van der Waals surface area contributed by atoms with Gasteiger partial charge in [0.05, 0.1) is 17.2 Å². The van der Waals surface area contributed by atoms with Gasteiger partial charge in [-0.1, -0.05) is 30.7 Å². The van der Waals surface area contributed by atoms with Gasteiger partial charge in [-0.3, -0.25) is 9.47 Å². The lowest BCUT2D eigenvalue weighted by atomic mass is 9.89. The van der Waals surface area contributed by atoms with Gasteiger partial charge >= 0.3 is 5.69 Å². The molecule has 34 heavy (non-hydrogen) atoms. The fourth-order valence-electron chi connectivity index (χ4n) is 5.65. The molecule has 8 heteroatoms. The first-order valence-corrected chi connectivity index (χ1v) is 12.0. The van der Waals surface area contributed by atoms with Crippen LogP contribution in [0.4, 0.5) is 4.39 Å². The SMILES string of the molecule is CCC(N1CCC(=C2c3ccc(F)cc3CCn3ncnc32)CC1)n1c(=O)[nH]c2ccccc21. The fraction of sp³-hybridized carbons (Fsp3) is 0.346. The van der Waals surface area contributed by atoms with Gasteiger partial charge in [-0.05, 0) is 61.1 Å². The molecule has 2 aliphatic heterocycles. The summed E-state index contributed by atoms with van der Waals surface area (Å²) in [6.07, 6.45) is 4.90. The summed E-state index contributed by atoms with van der Waals surface area (Å²) >= 11 is 0. The molecule has 2 aromatic carbocycles. The second-order valence-corrected chi connectivity index (χ2v) is 9.08. The number of rotatable bonds is 3. The molecule has 1 fully saturated rings. The molecule has 4 heterocycles. The van der Waals surface area contributed by atoms with Gasteiger partial charge < -0.3 is 4.98 Å². The molecule has 0 radical (unpaired) electrons. The molecule has 0 saturated carbocycles. The molecule has 1 unspecified atom stereocenters. The molecule has 0 aliphatic carbocycles. The smallest absolute Gasteiger partial charge is 0.305 e. The van der Waals surface area contributed by atoms with E-state index in [2.05, 4.69) is 26.9 Å². The number of nitrogens with one attached hydrogen (secondary N) is 1. The predicted molar refractivity (Wildman–Crippen MR) is 129 cm³/mol. The largest absolute Gasteiger partial charge is 0.327 e. The van der Waals surface area contributed by atoms with E-state index in [0.717, 1.165) is 72.3 Å². The van der Waals surface area contributed by atoms with Crippen molar-refractivity contribution in [3.8, 4) is 0 Å². The highest BCUT2D eigenvalue weighted by Crippen LogP contribution is 2.37. The number of nitrogens with zero attached hydrogens (tertiary/aromatic N) is 5. The zero-order valence-corrected chi connectivity index (χ0v) is 19.2. The van der Waals surface area contributed by atoms with Crippen LogP contribution in [0.15, 0.2) is 59.2 Å². The number of halogens is 1. The fourth-order valence-corrected chi connectivity index (χ4v) is 5.65. The number of fused-ring (bicyclic) bond motifs is 3. The molecular formula is C26H27FN6O. The van der Waals surface area contributed by atoms with Crippen LogP contribution in [0.25, 0.3) is 16.6 Å². The first-order valence-electron chi connectivity index (χ1n) is 12.0. The Morgan fingerprint density at radius 3 is 2.74 bits per heavy atom. The van der Waals surface area contributed by atoms with Gasteiger partial charge in [-0.15, -0.1) is 0 Å². The molecule has 0 amide bonds. The Bertz CT molecular complexity index is 1450. The van der Waals surface area contributed by atoms with E-state index in [1.54, 1.807) is 12.4 Å². The third kappa shape index (κ3) is 3.40. The van der Waals surface area contributed by atoms with Crippen LogP contribution in [0.1, 0.15) is 49.3 Å². The first kappa shape index (κ1) is 21.0. The van der Waals surface area contributed by atoms with E-state index in [-0.39, 0.29) is 17.7 Å². The molecule has 0 spiro atoms. The van der Waals surface area contributed by atoms with E-state index in [9.17, 15) is 9.18 Å². The van der Waals surface area contributed by atoms with Gasteiger partial charge in [0.2, 0.25) is 0 Å². The van der Waals surface area contributed by atoms with Crippen LogP contribution in [0.3, 0.4) is 0 Å². The number of aryl methyl sites for hydroxylation is 2. The summed E-state index contributed by atoms with van der Waals surface area (Å²) in [7, 11) is 0. The van der Waals surface area contributed by atoms with E-state index in [0.29, 0.717) is 6.54 Å². The second-order valence-electron chi connectivity index (χ2n) is 9.08. The molecule has 4 aromatic rings. The van der Waals surface area contributed by atoms with E-state index >= 15 is 0 Å². The number of piperidine rings is 1. The van der Waals surface area contributed by atoms with Gasteiger partial charge in [-0.25, -0.2) is 18.9 Å². The summed E-state index contributed by atoms with van der Waals surface area (Å²) < 4.78 is 17.9. The normalized spacial score (nSPS) is 17.5. The highest BCUT2D eigenvalue weighted by atomic mass is 19.1. The molecule has 1 N–H and O–H groups in total. The Kier molecular flexibility index (Phi) is 5.17. The summed E-state index contributed by atoms with van der Waals surface area (Å²) in [6, 6.07) is 12.9. The standard InChI is InChI=1S/C26H27FN6O/c1-2-23(33-22-6-4-3-5-21(22)30-26(33)34)31-12-9-17(10-13-31)24-20-8-7-19(27)15-18(20)11-14-32-25(24)28-16-29-32/h3-8,15-16,23H,2,9-14H2,1H3,(H,30,34). The zero-order chi connectivity index (χ0) is 23.2. The quantitative estimate of drug-likeness (QED) is 0.501. The van der Waals surface area contributed by atoms with Crippen LogP contribution < -0.4 is 5.69 Å². The van der Waals surface area contributed by atoms with Crippen LogP contribution in [0.2, 0.25) is 0 Å². The van der Waals surface area contributed by atoms with Crippen molar-refractivity contribution in [2.24, 2.45) is 0 Å². The number of hydrogen-bond acceptors (Lipinski definition) is 4. The van der Waals surface area contributed by atoms with Crippen molar-refractivity contribution in [2.75, 3.05) is 13.1 Å². The number of likely N-dealkylation sites (tertiary alicyclic amines) is 1. The van der Waals surface area contributed by atoms with E-state index in [4.69, 9.17) is 0 Å². The van der Waals surface area contributed by atoms with E-state index < -0.39 is 0 Å². The minimum Gasteiger partial charge on any atom is -0.305 e. The minimum absolute atomic E-state index is 0.00521. The molecule has 0 bridgehead atoms. The molecule has 174 valence electrons. The maximum absolute atomic E-state index is 14.0. The summed E-state index contributed by atoms with van der Waals surface area (Å²) in [4.78, 5) is 22.8. The molecule has 1 saturated heterocycles. The van der Waals surface area contributed by atoms with Gasteiger partial charge in [0.15, 0.2) is 5.82 Å². The number of aromatic amines is 1. The van der Waals surface area contributed by atoms with Crippen molar-refractivity contribution >= 4 is 16.6 Å². The van der Waals surface area contributed by atoms with Gasteiger partial charge in [0.25, 0.3) is 0 Å². The van der Waals surface area contributed by atoms with Crippen molar-refractivity contribution in [3.05, 3.63) is 87.6 Å². The Hall–Kier alpha value is -3.52. The predicted octanol–water partition coefficient (Wildman–Crippen LogP) is 4.12. The Morgan fingerprint density at radius 2 is 1.91 bits per heavy atom. The first-order chi connectivity index (χ1) is 16.6. The maximum atomic E-state index is 14.0. The number of benzene rings is 2. The lowest BCUT2D eigenvalue weighted by Gasteiger charge is -2.36. The van der Waals surface area contributed by atoms with Crippen LogP contribution in [-0.4, -0.2) is 42.3 Å². The number of para-hydroxylation sites is 2. The minimum atomic E-state index is -0.208. The van der Waals surface area contributed by atoms with Crippen molar-refractivity contribution in [3.63, 3.8) is 0 Å². The Labute approximate surface area is 196 Å². The number of H-pyrrole nitrogens is 1. The van der Waals surface area contributed by atoms with Gasteiger partial charge in [-0.2, -0.15) is 5.10 Å². The van der Waals surface area contributed by atoms with Gasteiger partial charge in [0.1, 0.15) is 12.1 Å². The zero-order valence-electron chi connectivity index (χ0n) is 19.2. The van der Waals surface area contributed by atoms with Gasteiger partial charge in [0, 0.05) is 25.2 Å². The third-order valence-corrected chi connectivity index (χ3v) is 7.23. The van der Waals surface area contributed by atoms with Crippen LogP contribution in [-0.2, 0) is 13.0 Å². The third-order valence-electron chi connectivity index (χ3n) is 7.23. The molecular weight excluding hydrogens is 431 g/mol. The summed E-state index contributed by atoms with van der Waals surface area (Å²) in [5, 5.41) is 4.42. The monoisotopic (exact) mass is 458 g/mol. The molecule has 2 aromatic heterocycles. The number of imidazole rings is 1. The second kappa shape index (κ2) is 8.36. The lowest BCUT2D eigenvalue weighted by molar-refractivity contribution is 0.125. The van der Waals surface area contributed by atoms with Crippen molar-refractivity contribution in [1.29, 1.82) is 0 Å². The summed E-state index contributed by atoms with van der Waals surface area (Å²) in [5.41, 5.74) is 6.24. The summed E-state index contributed by atoms with van der Waals surface area (Å²) in [6.45, 7) is 4.50. The van der Waals surface area contributed by atoms with Crippen LogP contribution in [0.5, 0.6) is 0 Å². The molecule has 6 rings (SSSR count). The average molecular weight is 459 g/mol. The summed E-state index contributed by atoms with van der Waals surface area (Å²) in [5.74, 6) is 0.661. The maximum Gasteiger partial charge on any atom is 0.327 e. The van der Waals surface area contributed by atoms with Crippen LogP contribution in [0, 0.1) is 5.82 Å². The van der Waals surface area contributed by atoms with E-state index in [1.165, 1.54) is 11.6 Å². The van der Waals surface area contributed by atoms with Crippen LogP contribution >= 0.6 is 0 Å². The number of hydrogen-bond donors (Lipinski definition) is 1. The van der Waals surface area contributed by atoms with Crippen molar-refractivity contribution < 1.29 is 4.39 Å². The Balaban J connectivity index is 1.36. The Morgan fingerprint density at radius 1 is 1.09 bits per heavy atom. The average Bonchev–Trinajstić information content (AvgIpc) is 3.41. The molecule has 2 aliphatic rings. The topological polar surface area (TPSA) is 71.7 Å².